The lowest BCUT2D eigenvalue weighted by Crippen LogP contribution is -2.62. The Balaban J connectivity index is 2.07. The van der Waals surface area contributed by atoms with Crippen LogP contribution < -0.4 is 11.1 Å². The average Bonchev–Trinajstić information content (AvgIpc) is 3.11. The van der Waals surface area contributed by atoms with Gasteiger partial charge >= 0.3 is 0 Å². The molecule has 2 aliphatic rings. The molecule has 0 aliphatic heterocycles. The molecule has 0 aromatic heterocycles. The van der Waals surface area contributed by atoms with Crippen molar-refractivity contribution in [2.75, 3.05) is 7.05 Å². The zero-order valence-corrected chi connectivity index (χ0v) is 11.9. The van der Waals surface area contributed by atoms with Crippen molar-refractivity contribution in [3.63, 3.8) is 0 Å². The highest BCUT2D eigenvalue weighted by Gasteiger charge is 2.44. The number of carbonyl (C=O) groups excluding carboxylic acids is 1. The molecular formula is C14H27N3O. The van der Waals surface area contributed by atoms with Gasteiger partial charge in [-0.25, -0.2) is 0 Å². The lowest BCUT2D eigenvalue weighted by molar-refractivity contribution is -0.127. The normalized spacial score (nSPS) is 33.1. The summed E-state index contributed by atoms with van der Waals surface area (Å²) in [5, 5.41) is 3.44. The molecule has 0 radical (unpaired) electrons. The fourth-order valence-corrected chi connectivity index (χ4v) is 3.35. The molecule has 0 spiro atoms. The van der Waals surface area contributed by atoms with Crippen LogP contribution in [0.4, 0.5) is 0 Å². The van der Waals surface area contributed by atoms with Gasteiger partial charge in [0.1, 0.15) is 0 Å². The summed E-state index contributed by atoms with van der Waals surface area (Å²) < 4.78 is 0. The SMILES string of the molecule is CC(C)NC1(C(N)=O)CCCC(N(C)C2CC2)C1. The van der Waals surface area contributed by atoms with Gasteiger partial charge in [0, 0.05) is 18.1 Å². The molecule has 0 heterocycles. The van der Waals surface area contributed by atoms with Crippen molar-refractivity contribution in [2.45, 2.75) is 76.0 Å². The van der Waals surface area contributed by atoms with Crippen LogP contribution in [0.2, 0.25) is 0 Å². The predicted octanol–water partition coefficient (Wildman–Crippen LogP) is 1.25. The quantitative estimate of drug-likeness (QED) is 0.775. The van der Waals surface area contributed by atoms with Crippen LogP contribution in [-0.2, 0) is 4.79 Å². The minimum Gasteiger partial charge on any atom is -0.368 e. The number of primary amides is 1. The maximum atomic E-state index is 11.9. The Morgan fingerprint density at radius 1 is 1.33 bits per heavy atom. The van der Waals surface area contributed by atoms with Crippen molar-refractivity contribution < 1.29 is 4.79 Å². The van der Waals surface area contributed by atoms with Crippen LogP contribution in [0.3, 0.4) is 0 Å². The summed E-state index contributed by atoms with van der Waals surface area (Å²) in [5.41, 5.74) is 5.20. The summed E-state index contributed by atoms with van der Waals surface area (Å²) in [5.74, 6) is -0.176. The van der Waals surface area contributed by atoms with Gasteiger partial charge in [-0.05, 0) is 59.4 Å². The van der Waals surface area contributed by atoms with E-state index in [4.69, 9.17) is 5.73 Å². The molecule has 4 nitrogen and oxygen atoms in total. The van der Waals surface area contributed by atoms with Gasteiger partial charge in [-0.1, -0.05) is 0 Å². The number of hydrogen-bond acceptors (Lipinski definition) is 3. The van der Waals surface area contributed by atoms with Crippen LogP contribution in [0.1, 0.15) is 52.4 Å². The Labute approximate surface area is 110 Å². The Kier molecular flexibility index (Phi) is 3.97. The first-order chi connectivity index (χ1) is 8.44. The molecule has 2 rings (SSSR count). The van der Waals surface area contributed by atoms with E-state index in [1.807, 2.05) is 0 Å². The van der Waals surface area contributed by atoms with E-state index in [1.54, 1.807) is 0 Å². The molecule has 2 saturated carbocycles. The minimum atomic E-state index is -0.486. The van der Waals surface area contributed by atoms with Crippen LogP contribution >= 0.6 is 0 Å². The summed E-state index contributed by atoms with van der Waals surface area (Å²) >= 11 is 0. The van der Waals surface area contributed by atoms with Gasteiger partial charge in [0.15, 0.2) is 0 Å². The number of rotatable bonds is 5. The van der Waals surface area contributed by atoms with Crippen LogP contribution in [0.5, 0.6) is 0 Å². The predicted molar refractivity (Wildman–Crippen MR) is 73.2 cm³/mol. The van der Waals surface area contributed by atoms with Crippen molar-refractivity contribution in [1.82, 2.24) is 10.2 Å². The van der Waals surface area contributed by atoms with Gasteiger partial charge in [0.2, 0.25) is 5.91 Å². The zero-order chi connectivity index (χ0) is 13.3. The van der Waals surface area contributed by atoms with Crippen LogP contribution in [-0.4, -0.2) is 41.5 Å². The molecule has 2 atom stereocenters. The van der Waals surface area contributed by atoms with E-state index in [9.17, 15) is 4.79 Å². The van der Waals surface area contributed by atoms with Crippen LogP contribution in [0.25, 0.3) is 0 Å². The molecule has 4 heteroatoms. The highest BCUT2D eigenvalue weighted by Crippen LogP contribution is 2.36. The Bertz CT molecular complexity index is 314. The molecule has 104 valence electrons. The van der Waals surface area contributed by atoms with E-state index >= 15 is 0 Å². The van der Waals surface area contributed by atoms with E-state index < -0.39 is 5.54 Å². The van der Waals surface area contributed by atoms with Crippen LogP contribution in [0, 0.1) is 0 Å². The molecule has 3 N–H and O–H groups in total. The van der Waals surface area contributed by atoms with Gasteiger partial charge in [0.05, 0.1) is 5.54 Å². The Morgan fingerprint density at radius 3 is 2.50 bits per heavy atom. The number of hydrogen-bond donors (Lipinski definition) is 2. The molecular weight excluding hydrogens is 226 g/mol. The lowest BCUT2D eigenvalue weighted by Gasteiger charge is -2.43. The van der Waals surface area contributed by atoms with Crippen molar-refractivity contribution >= 4 is 5.91 Å². The molecule has 18 heavy (non-hydrogen) atoms. The highest BCUT2D eigenvalue weighted by atomic mass is 16.1. The second-order valence-electron chi connectivity index (χ2n) is 6.39. The molecule has 0 saturated heterocycles. The molecule has 0 aromatic carbocycles. The standard InChI is InChI=1S/C14H27N3O/c1-10(2)16-14(13(15)18)8-4-5-12(9-14)17(3)11-6-7-11/h10-12,16H,4-9H2,1-3H3,(H2,15,18). The van der Waals surface area contributed by atoms with Crippen molar-refractivity contribution in [3.05, 3.63) is 0 Å². The second-order valence-corrected chi connectivity index (χ2v) is 6.39. The maximum absolute atomic E-state index is 11.9. The summed E-state index contributed by atoms with van der Waals surface area (Å²) in [4.78, 5) is 14.4. The Morgan fingerprint density at radius 2 is 2.00 bits per heavy atom. The second kappa shape index (κ2) is 5.17. The van der Waals surface area contributed by atoms with Gasteiger partial charge in [-0.2, -0.15) is 0 Å². The topological polar surface area (TPSA) is 58.4 Å². The summed E-state index contributed by atoms with van der Waals surface area (Å²) in [7, 11) is 2.20. The Hall–Kier alpha value is -0.610. The molecule has 2 unspecified atom stereocenters. The smallest absolute Gasteiger partial charge is 0.237 e. The van der Waals surface area contributed by atoms with Crippen molar-refractivity contribution in [3.8, 4) is 0 Å². The number of nitrogens with one attached hydrogen (secondary N) is 1. The minimum absolute atomic E-state index is 0.176. The van der Waals surface area contributed by atoms with E-state index in [-0.39, 0.29) is 5.91 Å². The monoisotopic (exact) mass is 253 g/mol. The largest absolute Gasteiger partial charge is 0.368 e. The number of nitrogens with two attached hydrogens (primary N) is 1. The van der Waals surface area contributed by atoms with E-state index in [1.165, 1.54) is 19.3 Å². The third-order valence-electron chi connectivity index (χ3n) is 4.46. The van der Waals surface area contributed by atoms with Crippen molar-refractivity contribution in [2.24, 2.45) is 5.73 Å². The first-order valence-corrected chi connectivity index (χ1v) is 7.24. The number of carbonyl (C=O) groups is 1. The first-order valence-electron chi connectivity index (χ1n) is 7.24. The molecule has 2 aliphatic carbocycles. The zero-order valence-electron chi connectivity index (χ0n) is 11.9. The van der Waals surface area contributed by atoms with E-state index in [2.05, 4.69) is 31.1 Å². The fraction of sp³-hybridized carbons (Fsp3) is 0.929. The molecule has 1 amide bonds. The van der Waals surface area contributed by atoms with Crippen molar-refractivity contribution in [1.29, 1.82) is 0 Å². The highest BCUT2D eigenvalue weighted by molar-refractivity contribution is 5.85. The molecule has 0 aromatic rings. The fourth-order valence-electron chi connectivity index (χ4n) is 3.35. The maximum Gasteiger partial charge on any atom is 0.237 e. The summed E-state index contributed by atoms with van der Waals surface area (Å²) in [6, 6.07) is 1.55. The average molecular weight is 253 g/mol. The van der Waals surface area contributed by atoms with Gasteiger partial charge in [-0.15, -0.1) is 0 Å². The third-order valence-corrected chi connectivity index (χ3v) is 4.46. The third kappa shape index (κ3) is 2.86. The summed E-state index contributed by atoms with van der Waals surface area (Å²) in [6.07, 6.45) is 6.66. The van der Waals surface area contributed by atoms with E-state index in [0.29, 0.717) is 12.1 Å². The van der Waals surface area contributed by atoms with Gasteiger partial charge in [0.25, 0.3) is 0 Å². The van der Waals surface area contributed by atoms with Gasteiger partial charge < -0.3 is 16.0 Å². The van der Waals surface area contributed by atoms with Crippen LogP contribution in [0.15, 0.2) is 0 Å². The summed E-state index contributed by atoms with van der Waals surface area (Å²) in [6.45, 7) is 4.16. The first kappa shape index (κ1) is 13.8. The number of amides is 1. The number of nitrogens with zero attached hydrogens (tertiary/aromatic N) is 1. The van der Waals surface area contributed by atoms with E-state index in [0.717, 1.165) is 25.3 Å². The lowest BCUT2D eigenvalue weighted by atomic mass is 9.77. The van der Waals surface area contributed by atoms with Gasteiger partial charge in [-0.3, -0.25) is 4.79 Å². The molecule has 2 fully saturated rings. The molecule has 0 bridgehead atoms.